The predicted molar refractivity (Wildman–Crippen MR) is 98.5 cm³/mol. The smallest absolute Gasteiger partial charge is 0.342 e. The molecule has 0 radical (unpaired) electrons. The number of hydrogen-bond donors (Lipinski definition) is 0. The highest BCUT2D eigenvalue weighted by Crippen LogP contribution is 2.09. The number of nitrogens with zero attached hydrogens (tertiary/aromatic N) is 1. The fourth-order valence-electron chi connectivity index (χ4n) is 2.31. The van der Waals surface area contributed by atoms with Crippen LogP contribution < -0.4 is 0 Å². The number of esters is 1. The lowest BCUT2D eigenvalue weighted by Crippen LogP contribution is -2.20. The van der Waals surface area contributed by atoms with E-state index in [-0.39, 0.29) is 5.57 Å². The van der Waals surface area contributed by atoms with Crippen LogP contribution in [0, 0.1) is 0 Å². The van der Waals surface area contributed by atoms with Crippen molar-refractivity contribution in [3.05, 3.63) is 89.6 Å². The van der Waals surface area contributed by atoms with Gasteiger partial charge in [-0.15, -0.1) is 0 Å². The maximum atomic E-state index is 11.7. The number of rotatable bonds is 8. The van der Waals surface area contributed by atoms with Gasteiger partial charge in [0.15, 0.2) is 6.29 Å². The summed E-state index contributed by atoms with van der Waals surface area (Å²) in [6.45, 7) is 1.13. The van der Waals surface area contributed by atoms with E-state index < -0.39 is 5.97 Å². The maximum Gasteiger partial charge on any atom is 0.342 e. The lowest BCUT2D eigenvalue weighted by molar-refractivity contribution is -0.136. The molecule has 0 unspecified atom stereocenters. The quantitative estimate of drug-likeness (QED) is 0.244. The molecule has 0 bridgehead atoms. The Bertz CT molecular complexity index is 736. The van der Waals surface area contributed by atoms with Gasteiger partial charge in [0, 0.05) is 19.3 Å². The Kier molecular flexibility index (Phi) is 7.19. The standard InChI is InChI=1S/C21H21NO3/c1-25-21(24)20(17-23)16-22(15-19-11-6-3-7-12-19)14-8-13-18-9-4-2-5-10-18/h2-13,16-17H,14-15H2,1H3/b13-8+,20-16+. The number of carbonyl (C=O) groups is 2. The molecule has 0 N–H and O–H groups in total. The second kappa shape index (κ2) is 9.88. The zero-order chi connectivity index (χ0) is 17.9. The van der Waals surface area contributed by atoms with E-state index in [0.717, 1.165) is 11.1 Å². The molecule has 25 heavy (non-hydrogen) atoms. The lowest BCUT2D eigenvalue weighted by Gasteiger charge is -2.19. The number of methoxy groups -OCH3 is 1. The molecule has 0 aliphatic rings. The van der Waals surface area contributed by atoms with Gasteiger partial charge >= 0.3 is 5.97 Å². The van der Waals surface area contributed by atoms with Gasteiger partial charge in [-0.1, -0.05) is 72.8 Å². The van der Waals surface area contributed by atoms with Crippen LogP contribution in [0.5, 0.6) is 0 Å². The molecule has 2 aromatic carbocycles. The molecule has 4 nitrogen and oxygen atoms in total. The van der Waals surface area contributed by atoms with Crippen LogP contribution in [0.15, 0.2) is 78.5 Å². The molecule has 0 amide bonds. The number of hydrogen-bond acceptors (Lipinski definition) is 4. The minimum Gasteiger partial charge on any atom is -0.465 e. The van der Waals surface area contributed by atoms with Crippen molar-refractivity contribution >= 4 is 18.3 Å². The van der Waals surface area contributed by atoms with Crippen molar-refractivity contribution in [3.8, 4) is 0 Å². The van der Waals surface area contributed by atoms with Gasteiger partial charge in [-0.3, -0.25) is 4.79 Å². The summed E-state index contributed by atoms with van der Waals surface area (Å²) in [7, 11) is 1.26. The van der Waals surface area contributed by atoms with Crippen molar-refractivity contribution in [2.75, 3.05) is 13.7 Å². The Morgan fingerprint density at radius 1 is 1.04 bits per heavy atom. The summed E-state index contributed by atoms with van der Waals surface area (Å²) in [6.07, 6.45) is 6.06. The van der Waals surface area contributed by atoms with Crippen LogP contribution in [0.4, 0.5) is 0 Å². The Morgan fingerprint density at radius 3 is 2.28 bits per heavy atom. The second-order valence-corrected chi connectivity index (χ2v) is 5.42. The van der Waals surface area contributed by atoms with Crippen LogP contribution in [-0.4, -0.2) is 30.8 Å². The van der Waals surface area contributed by atoms with Crippen LogP contribution in [0.1, 0.15) is 11.1 Å². The molecular weight excluding hydrogens is 314 g/mol. The van der Waals surface area contributed by atoms with E-state index in [0.29, 0.717) is 19.4 Å². The maximum absolute atomic E-state index is 11.7. The highest BCUT2D eigenvalue weighted by atomic mass is 16.5. The van der Waals surface area contributed by atoms with E-state index in [1.165, 1.54) is 7.11 Å². The Hall–Kier alpha value is -3.14. The second-order valence-electron chi connectivity index (χ2n) is 5.42. The monoisotopic (exact) mass is 335 g/mol. The van der Waals surface area contributed by atoms with Gasteiger partial charge in [0.1, 0.15) is 5.57 Å². The summed E-state index contributed by atoms with van der Waals surface area (Å²) >= 11 is 0. The lowest BCUT2D eigenvalue weighted by atomic mass is 10.2. The third-order valence-electron chi connectivity index (χ3n) is 3.55. The van der Waals surface area contributed by atoms with Crippen LogP contribution in [0.2, 0.25) is 0 Å². The molecule has 4 heteroatoms. The van der Waals surface area contributed by atoms with Gasteiger partial charge in [-0.25, -0.2) is 4.79 Å². The molecule has 0 saturated carbocycles. The molecule has 0 atom stereocenters. The molecule has 0 fully saturated rings. The molecule has 2 rings (SSSR count). The highest BCUT2D eigenvalue weighted by molar-refractivity contribution is 6.07. The van der Waals surface area contributed by atoms with Crippen LogP contribution in [0.3, 0.4) is 0 Å². The number of carbonyl (C=O) groups excluding carboxylic acids is 2. The van der Waals surface area contributed by atoms with E-state index in [2.05, 4.69) is 4.74 Å². The van der Waals surface area contributed by atoms with E-state index in [9.17, 15) is 9.59 Å². The summed E-state index contributed by atoms with van der Waals surface area (Å²) in [6, 6.07) is 19.8. The van der Waals surface area contributed by atoms with E-state index in [4.69, 9.17) is 0 Å². The molecule has 0 aliphatic heterocycles. The zero-order valence-electron chi connectivity index (χ0n) is 14.2. The van der Waals surface area contributed by atoms with Crippen molar-refractivity contribution in [1.29, 1.82) is 0 Å². The Balaban J connectivity index is 2.16. The first kappa shape index (κ1) is 18.2. The summed E-state index contributed by atoms with van der Waals surface area (Å²) in [5.41, 5.74) is 2.17. The van der Waals surface area contributed by atoms with Crippen molar-refractivity contribution in [2.45, 2.75) is 6.54 Å². The third-order valence-corrected chi connectivity index (χ3v) is 3.55. The molecule has 0 saturated heterocycles. The van der Waals surface area contributed by atoms with Crippen LogP contribution >= 0.6 is 0 Å². The van der Waals surface area contributed by atoms with Crippen LogP contribution in [-0.2, 0) is 20.9 Å². The Labute approximate surface area is 148 Å². The fourth-order valence-corrected chi connectivity index (χ4v) is 2.31. The average molecular weight is 335 g/mol. The first-order valence-corrected chi connectivity index (χ1v) is 7.98. The largest absolute Gasteiger partial charge is 0.465 e. The number of ether oxygens (including phenoxy) is 1. The molecular formula is C21H21NO3. The number of aldehydes is 1. The molecule has 0 aliphatic carbocycles. The topological polar surface area (TPSA) is 46.6 Å². The minimum absolute atomic E-state index is 0.00783. The van der Waals surface area contributed by atoms with Gasteiger partial charge in [0.05, 0.1) is 7.11 Å². The predicted octanol–water partition coefficient (Wildman–Crippen LogP) is 3.46. The van der Waals surface area contributed by atoms with Crippen molar-refractivity contribution in [1.82, 2.24) is 4.90 Å². The third kappa shape index (κ3) is 6.11. The molecule has 2 aromatic rings. The van der Waals surface area contributed by atoms with Crippen LogP contribution in [0.25, 0.3) is 6.08 Å². The average Bonchev–Trinajstić information content (AvgIpc) is 2.67. The summed E-state index contributed by atoms with van der Waals surface area (Å²) in [5.74, 6) is -0.639. The van der Waals surface area contributed by atoms with Crippen molar-refractivity contribution < 1.29 is 14.3 Å². The van der Waals surface area contributed by atoms with Gasteiger partial charge in [-0.05, 0) is 11.1 Å². The van der Waals surface area contributed by atoms with Gasteiger partial charge < -0.3 is 9.64 Å². The molecule has 0 aromatic heterocycles. The van der Waals surface area contributed by atoms with E-state index in [1.807, 2.05) is 77.7 Å². The summed E-state index contributed by atoms with van der Waals surface area (Å²) < 4.78 is 4.64. The molecule has 128 valence electrons. The normalized spacial score (nSPS) is 11.3. The summed E-state index contributed by atoms with van der Waals surface area (Å²) in [4.78, 5) is 24.7. The minimum atomic E-state index is -0.639. The number of benzene rings is 2. The first-order chi connectivity index (χ1) is 12.2. The van der Waals surface area contributed by atoms with Crippen molar-refractivity contribution in [3.63, 3.8) is 0 Å². The van der Waals surface area contributed by atoms with Gasteiger partial charge in [0.25, 0.3) is 0 Å². The van der Waals surface area contributed by atoms with Crippen molar-refractivity contribution in [2.24, 2.45) is 0 Å². The van der Waals surface area contributed by atoms with Gasteiger partial charge in [-0.2, -0.15) is 0 Å². The fraction of sp³-hybridized carbons (Fsp3) is 0.143. The zero-order valence-corrected chi connectivity index (χ0v) is 14.2. The SMILES string of the molecule is COC(=O)/C(C=O)=C/N(C/C=C/c1ccccc1)Cc1ccccc1. The van der Waals surface area contributed by atoms with E-state index >= 15 is 0 Å². The Morgan fingerprint density at radius 2 is 1.68 bits per heavy atom. The van der Waals surface area contributed by atoms with Gasteiger partial charge in [0.2, 0.25) is 0 Å². The first-order valence-electron chi connectivity index (χ1n) is 7.98. The molecule has 0 heterocycles. The highest BCUT2D eigenvalue weighted by Gasteiger charge is 2.10. The van der Waals surface area contributed by atoms with E-state index in [1.54, 1.807) is 6.20 Å². The summed E-state index contributed by atoms with van der Waals surface area (Å²) in [5, 5.41) is 0. The molecule has 0 spiro atoms.